The van der Waals surface area contributed by atoms with Gasteiger partial charge in [-0.15, -0.1) is 0 Å². The molecular weight excluding hydrogens is 340 g/mol. The predicted octanol–water partition coefficient (Wildman–Crippen LogP) is 3.39. The SMILES string of the molecule is CCOC(C)C#Cc1nc2ccc(C(C)=O)cc2nc1C#CC(C)OCC. The molecule has 0 spiro atoms. The highest BCUT2D eigenvalue weighted by atomic mass is 16.5. The number of aromatic nitrogens is 2. The van der Waals surface area contributed by atoms with E-state index in [1.807, 2.05) is 27.7 Å². The lowest BCUT2D eigenvalue weighted by Gasteiger charge is -2.05. The lowest BCUT2D eigenvalue weighted by Crippen LogP contribution is -2.06. The molecule has 1 aromatic heterocycles. The number of ether oxygens (including phenoxy) is 2. The fourth-order valence-electron chi connectivity index (χ4n) is 2.37. The van der Waals surface area contributed by atoms with E-state index in [2.05, 4.69) is 33.6 Å². The summed E-state index contributed by atoms with van der Waals surface area (Å²) in [5.74, 6) is 12.1. The van der Waals surface area contributed by atoms with Gasteiger partial charge in [0.05, 0.1) is 11.0 Å². The molecule has 0 saturated heterocycles. The van der Waals surface area contributed by atoms with Gasteiger partial charge in [0, 0.05) is 18.8 Å². The summed E-state index contributed by atoms with van der Waals surface area (Å²) >= 11 is 0. The predicted molar refractivity (Wildman–Crippen MR) is 105 cm³/mol. The standard InChI is InChI=1S/C22H24N2O3/c1-6-26-15(3)8-11-19-20(12-9-16(4)27-7-2)24-22-14-18(17(5)25)10-13-21(22)23-19/h10,13-16H,6-7H2,1-5H3. The van der Waals surface area contributed by atoms with Crippen molar-refractivity contribution in [1.82, 2.24) is 9.97 Å². The fraction of sp³-hybridized carbons (Fsp3) is 0.409. The van der Waals surface area contributed by atoms with Crippen LogP contribution in [0, 0.1) is 23.7 Å². The number of fused-ring (bicyclic) bond motifs is 1. The summed E-state index contributed by atoms with van der Waals surface area (Å²) in [6, 6.07) is 5.24. The third kappa shape index (κ3) is 5.89. The second-order valence-electron chi connectivity index (χ2n) is 5.91. The third-order valence-corrected chi connectivity index (χ3v) is 3.69. The van der Waals surface area contributed by atoms with Crippen molar-refractivity contribution in [3.8, 4) is 23.7 Å². The van der Waals surface area contributed by atoms with Gasteiger partial charge in [0.2, 0.25) is 0 Å². The molecule has 0 N–H and O–H groups in total. The van der Waals surface area contributed by atoms with Crippen molar-refractivity contribution >= 4 is 16.8 Å². The first-order valence-corrected chi connectivity index (χ1v) is 9.03. The summed E-state index contributed by atoms with van der Waals surface area (Å²) in [6.07, 6.45) is -0.435. The van der Waals surface area contributed by atoms with Gasteiger partial charge >= 0.3 is 0 Å². The van der Waals surface area contributed by atoms with E-state index in [1.165, 1.54) is 6.92 Å². The third-order valence-electron chi connectivity index (χ3n) is 3.69. The molecule has 0 aliphatic carbocycles. The average Bonchev–Trinajstić information content (AvgIpc) is 2.64. The first-order valence-electron chi connectivity index (χ1n) is 9.03. The van der Waals surface area contributed by atoms with E-state index in [0.29, 0.717) is 41.2 Å². The van der Waals surface area contributed by atoms with Crippen LogP contribution >= 0.6 is 0 Å². The number of carbonyl (C=O) groups is 1. The number of nitrogens with zero attached hydrogens (tertiary/aromatic N) is 2. The van der Waals surface area contributed by atoms with E-state index < -0.39 is 0 Å². The van der Waals surface area contributed by atoms with Crippen LogP contribution in [-0.4, -0.2) is 41.2 Å². The van der Waals surface area contributed by atoms with Crippen LogP contribution in [-0.2, 0) is 9.47 Å². The summed E-state index contributed by atoms with van der Waals surface area (Å²) < 4.78 is 10.9. The molecule has 2 aromatic rings. The Labute approximate surface area is 160 Å². The summed E-state index contributed by atoms with van der Waals surface area (Å²) in [6.45, 7) is 10.3. The lowest BCUT2D eigenvalue weighted by molar-refractivity contribution is 0.101. The van der Waals surface area contributed by atoms with Crippen molar-refractivity contribution in [2.24, 2.45) is 0 Å². The largest absolute Gasteiger partial charge is 0.366 e. The van der Waals surface area contributed by atoms with Crippen molar-refractivity contribution in [3.63, 3.8) is 0 Å². The normalized spacial score (nSPS) is 12.5. The maximum Gasteiger partial charge on any atom is 0.159 e. The van der Waals surface area contributed by atoms with Crippen LogP contribution in [0.1, 0.15) is 56.4 Å². The van der Waals surface area contributed by atoms with Gasteiger partial charge in [-0.2, -0.15) is 0 Å². The lowest BCUT2D eigenvalue weighted by atomic mass is 10.1. The number of ketones is 1. The van der Waals surface area contributed by atoms with E-state index in [-0.39, 0.29) is 18.0 Å². The highest BCUT2D eigenvalue weighted by Crippen LogP contribution is 2.15. The zero-order valence-electron chi connectivity index (χ0n) is 16.4. The van der Waals surface area contributed by atoms with Gasteiger partial charge in [-0.25, -0.2) is 9.97 Å². The van der Waals surface area contributed by atoms with Crippen LogP contribution in [0.5, 0.6) is 0 Å². The highest BCUT2D eigenvalue weighted by molar-refractivity contribution is 5.97. The van der Waals surface area contributed by atoms with Crippen molar-refractivity contribution in [2.75, 3.05) is 13.2 Å². The molecule has 0 fully saturated rings. The maximum absolute atomic E-state index is 11.6. The van der Waals surface area contributed by atoms with E-state index in [9.17, 15) is 4.79 Å². The Bertz CT molecular complexity index is 945. The van der Waals surface area contributed by atoms with Crippen molar-refractivity contribution in [3.05, 3.63) is 35.2 Å². The summed E-state index contributed by atoms with van der Waals surface area (Å²) in [5.41, 5.74) is 2.81. The van der Waals surface area contributed by atoms with Gasteiger partial charge in [-0.3, -0.25) is 4.79 Å². The van der Waals surface area contributed by atoms with Crippen molar-refractivity contribution in [2.45, 2.75) is 46.8 Å². The van der Waals surface area contributed by atoms with Gasteiger partial charge in [-0.1, -0.05) is 11.8 Å². The number of benzene rings is 1. The van der Waals surface area contributed by atoms with Crippen molar-refractivity contribution in [1.29, 1.82) is 0 Å². The zero-order chi connectivity index (χ0) is 19.8. The maximum atomic E-state index is 11.6. The van der Waals surface area contributed by atoms with Gasteiger partial charge in [0.25, 0.3) is 0 Å². The molecule has 140 valence electrons. The minimum absolute atomic E-state index is 0.0225. The molecule has 27 heavy (non-hydrogen) atoms. The number of hydrogen-bond acceptors (Lipinski definition) is 5. The Balaban J connectivity index is 2.54. The summed E-state index contributed by atoms with van der Waals surface area (Å²) in [7, 11) is 0. The average molecular weight is 364 g/mol. The molecule has 0 bridgehead atoms. The summed E-state index contributed by atoms with van der Waals surface area (Å²) in [4.78, 5) is 20.8. The quantitative estimate of drug-likeness (QED) is 0.601. The Morgan fingerprint density at radius 2 is 1.48 bits per heavy atom. The van der Waals surface area contributed by atoms with Gasteiger partial charge in [-0.05, 0) is 64.7 Å². The number of Topliss-reactive ketones (excluding diaryl/α,β-unsaturated/α-hetero) is 1. The molecule has 1 aromatic carbocycles. The smallest absolute Gasteiger partial charge is 0.159 e. The molecule has 0 radical (unpaired) electrons. The van der Waals surface area contributed by atoms with E-state index in [0.717, 1.165) is 0 Å². The van der Waals surface area contributed by atoms with Gasteiger partial charge < -0.3 is 9.47 Å². The summed E-state index contributed by atoms with van der Waals surface area (Å²) in [5, 5.41) is 0. The first-order chi connectivity index (χ1) is 12.9. The Kier molecular flexibility index (Phi) is 7.49. The Morgan fingerprint density at radius 3 is 1.96 bits per heavy atom. The fourth-order valence-corrected chi connectivity index (χ4v) is 2.37. The topological polar surface area (TPSA) is 61.3 Å². The molecule has 1 heterocycles. The van der Waals surface area contributed by atoms with Crippen LogP contribution in [0.4, 0.5) is 0 Å². The van der Waals surface area contributed by atoms with Crippen LogP contribution in [0.15, 0.2) is 18.2 Å². The number of hydrogen-bond donors (Lipinski definition) is 0. The molecule has 2 unspecified atom stereocenters. The first kappa shape index (κ1) is 20.6. The Hall–Kier alpha value is -2.73. The van der Waals surface area contributed by atoms with Crippen LogP contribution < -0.4 is 0 Å². The Morgan fingerprint density at radius 1 is 0.963 bits per heavy atom. The molecule has 5 nitrogen and oxygen atoms in total. The van der Waals surface area contributed by atoms with Crippen LogP contribution in [0.2, 0.25) is 0 Å². The molecule has 5 heteroatoms. The molecule has 2 atom stereocenters. The zero-order valence-corrected chi connectivity index (χ0v) is 16.4. The van der Waals surface area contributed by atoms with E-state index in [1.54, 1.807) is 18.2 Å². The second kappa shape index (κ2) is 9.83. The monoisotopic (exact) mass is 364 g/mol. The molecule has 0 aliphatic heterocycles. The van der Waals surface area contributed by atoms with E-state index >= 15 is 0 Å². The molecule has 0 saturated carbocycles. The van der Waals surface area contributed by atoms with Crippen LogP contribution in [0.25, 0.3) is 11.0 Å². The number of rotatable bonds is 5. The van der Waals surface area contributed by atoms with Gasteiger partial charge in [0.1, 0.15) is 23.6 Å². The minimum Gasteiger partial charge on any atom is -0.366 e. The van der Waals surface area contributed by atoms with E-state index in [4.69, 9.17) is 9.47 Å². The second-order valence-corrected chi connectivity index (χ2v) is 5.91. The van der Waals surface area contributed by atoms with Crippen LogP contribution in [0.3, 0.4) is 0 Å². The molecule has 0 amide bonds. The van der Waals surface area contributed by atoms with Gasteiger partial charge in [0.15, 0.2) is 5.78 Å². The molecule has 0 aliphatic rings. The molecular formula is C22H24N2O3. The number of carbonyl (C=O) groups excluding carboxylic acids is 1. The highest BCUT2D eigenvalue weighted by Gasteiger charge is 2.09. The van der Waals surface area contributed by atoms with Crippen molar-refractivity contribution < 1.29 is 14.3 Å². The molecule has 2 rings (SSSR count). The minimum atomic E-state index is -0.223.